The number of carbonyl (C=O) groups is 3. The van der Waals surface area contributed by atoms with E-state index < -0.39 is 11.1 Å². The molecule has 0 aliphatic carbocycles. The van der Waals surface area contributed by atoms with E-state index >= 15 is 0 Å². The highest BCUT2D eigenvalue weighted by Crippen LogP contribution is 2.34. The van der Waals surface area contributed by atoms with Crippen LogP contribution in [-0.2, 0) is 4.79 Å². The van der Waals surface area contributed by atoms with Crippen LogP contribution in [0.25, 0.3) is 11.8 Å². The van der Waals surface area contributed by atoms with Gasteiger partial charge in [-0.05, 0) is 91.8 Å². The van der Waals surface area contributed by atoms with Crippen LogP contribution in [0.15, 0.2) is 59.5 Å². The molecule has 0 unspecified atom stereocenters. The summed E-state index contributed by atoms with van der Waals surface area (Å²) in [5, 5.41) is 0.0467. The zero-order chi connectivity index (χ0) is 23.7. The third-order valence-electron chi connectivity index (χ3n) is 5.43. The summed E-state index contributed by atoms with van der Waals surface area (Å²) in [4.78, 5) is 39.2. The highest BCUT2D eigenvalue weighted by Gasteiger charge is 2.36. The van der Waals surface area contributed by atoms with Crippen LogP contribution < -0.4 is 4.74 Å². The largest absolute Gasteiger partial charge is 0.497 e. The molecule has 8 heteroatoms. The quantitative estimate of drug-likeness (QED) is 0.335. The van der Waals surface area contributed by atoms with Crippen molar-refractivity contribution in [2.24, 2.45) is 0 Å². The lowest BCUT2D eigenvalue weighted by molar-refractivity contribution is -0.122. The summed E-state index contributed by atoms with van der Waals surface area (Å²) in [5.41, 5.74) is 4.11. The van der Waals surface area contributed by atoms with E-state index in [1.165, 1.54) is 0 Å². The fraction of sp³-hybridized carbons (Fsp3) is 0.160. The molecule has 3 aromatic rings. The lowest BCUT2D eigenvalue weighted by atomic mass is 10.1. The number of ketones is 1. The molecule has 1 aliphatic rings. The molecule has 0 radical (unpaired) electrons. The molecular weight excluding hydrogens is 460 g/mol. The van der Waals surface area contributed by atoms with Gasteiger partial charge in [-0.15, -0.1) is 0 Å². The first-order valence-electron chi connectivity index (χ1n) is 10.2. The molecule has 33 heavy (non-hydrogen) atoms. The molecular formula is C25H21ClN2O4S. The van der Waals surface area contributed by atoms with Crippen molar-refractivity contribution in [1.29, 1.82) is 0 Å². The molecule has 6 nitrogen and oxygen atoms in total. The van der Waals surface area contributed by atoms with Crippen molar-refractivity contribution in [3.05, 3.63) is 87.0 Å². The zero-order valence-electron chi connectivity index (χ0n) is 18.3. The van der Waals surface area contributed by atoms with Crippen molar-refractivity contribution in [1.82, 2.24) is 9.47 Å². The second kappa shape index (κ2) is 9.29. The van der Waals surface area contributed by atoms with Crippen molar-refractivity contribution < 1.29 is 19.1 Å². The van der Waals surface area contributed by atoms with Gasteiger partial charge in [-0.2, -0.15) is 0 Å². The lowest BCUT2D eigenvalue weighted by Crippen LogP contribution is -2.33. The number of rotatable bonds is 6. The minimum atomic E-state index is -0.471. The lowest BCUT2D eigenvalue weighted by Gasteiger charge is -2.11. The Morgan fingerprint density at radius 1 is 1.06 bits per heavy atom. The average molecular weight is 481 g/mol. The van der Waals surface area contributed by atoms with Crippen LogP contribution in [0.2, 0.25) is 5.02 Å². The van der Waals surface area contributed by atoms with Gasteiger partial charge in [-0.3, -0.25) is 19.3 Å². The van der Waals surface area contributed by atoms with Gasteiger partial charge in [0.2, 0.25) is 0 Å². The van der Waals surface area contributed by atoms with Crippen molar-refractivity contribution >= 4 is 46.4 Å². The summed E-state index contributed by atoms with van der Waals surface area (Å²) in [5.74, 6) is -0.0299. The molecule has 1 saturated heterocycles. The molecule has 2 amide bonds. The number of hydrogen-bond acceptors (Lipinski definition) is 5. The number of Topliss-reactive ketones (excluding diaryl/α,β-unsaturated/α-hetero) is 1. The first kappa shape index (κ1) is 22.9. The number of ether oxygens (including phenoxy) is 1. The molecule has 1 fully saturated rings. The van der Waals surface area contributed by atoms with Crippen LogP contribution >= 0.6 is 23.4 Å². The predicted molar refractivity (Wildman–Crippen MR) is 130 cm³/mol. The van der Waals surface area contributed by atoms with Gasteiger partial charge < -0.3 is 9.30 Å². The molecule has 0 saturated carbocycles. The number of amides is 2. The smallest absolute Gasteiger partial charge is 0.293 e. The number of imide groups is 1. The maximum Gasteiger partial charge on any atom is 0.293 e. The number of nitrogens with zero attached hydrogens (tertiary/aromatic N) is 2. The Labute approximate surface area is 200 Å². The standard InChI is InChI=1S/C25H21ClN2O4S/c1-15-12-18(16(2)28(15)20-8-10-21(32-3)11-9-20)13-23-24(30)27(25(31)33-23)14-22(29)17-4-6-19(26)7-5-17/h4-13H,14H2,1-3H3/b23-13-. The van der Waals surface area contributed by atoms with Crippen LogP contribution in [-0.4, -0.2) is 40.1 Å². The van der Waals surface area contributed by atoms with Gasteiger partial charge in [0.1, 0.15) is 5.75 Å². The molecule has 1 aromatic heterocycles. The first-order valence-corrected chi connectivity index (χ1v) is 11.4. The van der Waals surface area contributed by atoms with Gasteiger partial charge in [-0.25, -0.2) is 0 Å². The maximum atomic E-state index is 12.9. The van der Waals surface area contributed by atoms with E-state index in [1.807, 2.05) is 44.2 Å². The van der Waals surface area contributed by atoms with Crippen molar-refractivity contribution in [3.63, 3.8) is 0 Å². The Bertz CT molecular complexity index is 1280. The molecule has 1 aliphatic heterocycles. The number of thioether (sulfide) groups is 1. The Hall–Kier alpha value is -3.29. The molecule has 4 rings (SSSR count). The molecule has 168 valence electrons. The van der Waals surface area contributed by atoms with Gasteiger partial charge >= 0.3 is 0 Å². The number of benzene rings is 2. The number of aromatic nitrogens is 1. The van der Waals surface area contributed by atoms with E-state index in [0.717, 1.165) is 45.1 Å². The Kier molecular flexibility index (Phi) is 6.44. The van der Waals surface area contributed by atoms with Crippen molar-refractivity contribution in [2.75, 3.05) is 13.7 Å². The molecule has 0 bridgehead atoms. The summed E-state index contributed by atoms with van der Waals surface area (Å²) in [6.07, 6.45) is 1.71. The summed E-state index contributed by atoms with van der Waals surface area (Å²) in [6.45, 7) is 3.62. The number of aryl methyl sites for hydroxylation is 1. The van der Waals surface area contributed by atoms with E-state index in [0.29, 0.717) is 15.5 Å². The Morgan fingerprint density at radius 3 is 2.36 bits per heavy atom. The van der Waals surface area contributed by atoms with Gasteiger partial charge in [0.05, 0.1) is 18.6 Å². The molecule has 0 atom stereocenters. The second-order valence-electron chi connectivity index (χ2n) is 7.56. The molecule has 2 heterocycles. The van der Waals surface area contributed by atoms with E-state index in [4.69, 9.17) is 16.3 Å². The fourth-order valence-corrected chi connectivity index (χ4v) is 4.67. The SMILES string of the molecule is COc1ccc(-n2c(C)cc(/C=C3\SC(=O)N(CC(=O)c4ccc(Cl)cc4)C3=O)c2C)cc1. The predicted octanol–water partition coefficient (Wildman–Crippen LogP) is 5.68. The third-order valence-corrected chi connectivity index (χ3v) is 6.59. The number of halogens is 1. The topological polar surface area (TPSA) is 68.6 Å². The summed E-state index contributed by atoms with van der Waals surface area (Å²) < 4.78 is 7.30. The van der Waals surface area contributed by atoms with Gasteiger partial charge in [0, 0.05) is 27.7 Å². The zero-order valence-corrected chi connectivity index (χ0v) is 19.9. The summed E-state index contributed by atoms with van der Waals surface area (Å²) in [7, 11) is 1.62. The van der Waals surface area contributed by atoms with Crippen LogP contribution in [0, 0.1) is 13.8 Å². The normalized spacial score (nSPS) is 14.9. The fourth-order valence-electron chi connectivity index (χ4n) is 3.71. The first-order chi connectivity index (χ1) is 15.8. The summed E-state index contributed by atoms with van der Waals surface area (Å²) in [6, 6.07) is 16.0. The van der Waals surface area contributed by atoms with Crippen molar-refractivity contribution in [3.8, 4) is 11.4 Å². The average Bonchev–Trinajstić information content (AvgIpc) is 3.23. The van der Waals surface area contributed by atoms with E-state index in [1.54, 1.807) is 37.5 Å². The second-order valence-corrected chi connectivity index (χ2v) is 8.99. The maximum absolute atomic E-state index is 12.9. The molecule has 0 N–H and O–H groups in total. The minimum absolute atomic E-state index is 0.291. The van der Waals surface area contributed by atoms with Crippen LogP contribution in [0.5, 0.6) is 5.75 Å². The number of carbonyl (C=O) groups excluding carboxylic acids is 3. The van der Waals surface area contributed by atoms with E-state index in [-0.39, 0.29) is 12.3 Å². The van der Waals surface area contributed by atoms with Gasteiger partial charge in [0.15, 0.2) is 5.78 Å². The Morgan fingerprint density at radius 2 is 1.73 bits per heavy atom. The van der Waals surface area contributed by atoms with Crippen LogP contribution in [0.4, 0.5) is 4.79 Å². The van der Waals surface area contributed by atoms with Crippen LogP contribution in [0.1, 0.15) is 27.3 Å². The minimum Gasteiger partial charge on any atom is -0.497 e. The van der Waals surface area contributed by atoms with Crippen molar-refractivity contribution in [2.45, 2.75) is 13.8 Å². The molecule has 2 aromatic carbocycles. The molecule has 0 spiro atoms. The third kappa shape index (κ3) is 4.60. The van der Waals surface area contributed by atoms with Gasteiger partial charge in [0.25, 0.3) is 11.1 Å². The highest BCUT2D eigenvalue weighted by atomic mass is 35.5. The van der Waals surface area contributed by atoms with E-state index in [2.05, 4.69) is 4.57 Å². The number of methoxy groups -OCH3 is 1. The van der Waals surface area contributed by atoms with Crippen LogP contribution in [0.3, 0.4) is 0 Å². The highest BCUT2D eigenvalue weighted by molar-refractivity contribution is 8.18. The summed E-state index contributed by atoms with van der Waals surface area (Å²) >= 11 is 6.70. The van der Waals surface area contributed by atoms with E-state index in [9.17, 15) is 14.4 Å². The van der Waals surface area contributed by atoms with Gasteiger partial charge in [-0.1, -0.05) is 11.6 Å². The number of hydrogen-bond donors (Lipinski definition) is 0. The Balaban J connectivity index is 1.57. The monoisotopic (exact) mass is 480 g/mol.